The van der Waals surface area contributed by atoms with E-state index < -0.39 is 0 Å². The molecule has 2 fully saturated rings. The summed E-state index contributed by atoms with van der Waals surface area (Å²) in [5.74, 6) is 0. The molecule has 0 spiro atoms. The molecule has 0 bridgehead atoms. The predicted molar refractivity (Wildman–Crippen MR) is 83.6 cm³/mol. The molecule has 1 N–H and O–H groups in total. The normalized spacial score (nSPS) is 29.1. The number of likely N-dealkylation sites (tertiary alicyclic amines) is 1. The van der Waals surface area contributed by atoms with Gasteiger partial charge in [-0.3, -0.25) is 4.90 Å². The molecule has 0 aromatic heterocycles. The fourth-order valence-corrected chi connectivity index (χ4v) is 4.41. The van der Waals surface area contributed by atoms with Crippen molar-refractivity contribution in [1.29, 1.82) is 0 Å². The lowest BCUT2D eigenvalue weighted by Gasteiger charge is -2.43. The molecule has 2 heteroatoms. The van der Waals surface area contributed by atoms with E-state index in [4.69, 9.17) is 0 Å². The van der Waals surface area contributed by atoms with E-state index in [9.17, 15) is 0 Å². The lowest BCUT2D eigenvalue weighted by molar-refractivity contribution is 0.0680. The summed E-state index contributed by atoms with van der Waals surface area (Å²) in [5, 5.41) is 3.50. The maximum absolute atomic E-state index is 3.50. The summed E-state index contributed by atoms with van der Waals surface area (Å²) in [6.07, 6.45) is 14.4. The molecule has 1 heterocycles. The van der Waals surface area contributed by atoms with Gasteiger partial charge < -0.3 is 5.32 Å². The minimum Gasteiger partial charge on any atom is -0.319 e. The summed E-state index contributed by atoms with van der Waals surface area (Å²) in [6, 6.07) is 0.866. The number of rotatable bonds is 5. The van der Waals surface area contributed by atoms with Gasteiger partial charge in [-0.15, -0.1) is 0 Å². The maximum atomic E-state index is 3.50. The molecule has 1 atom stereocenters. The molecule has 2 aliphatic rings. The van der Waals surface area contributed by atoms with Gasteiger partial charge >= 0.3 is 0 Å². The first-order chi connectivity index (χ1) is 9.29. The topological polar surface area (TPSA) is 15.3 Å². The molecule has 1 saturated carbocycles. The first-order valence-electron chi connectivity index (χ1n) is 8.68. The van der Waals surface area contributed by atoms with Gasteiger partial charge in [0.1, 0.15) is 0 Å². The Morgan fingerprint density at radius 1 is 1.05 bits per heavy atom. The third kappa shape index (κ3) is 4.19. The molecule has 2 nitrogen and oxygen atoms in total. The Morgan fingerprint density at radius 2 is 1.79 bits per heavy atom. The van der Waals surface area contributed by atoms with Gasteiger partial charge in [0.2, 0.25) is 0 Å². The van der Waals surface area contributed by atoms with Crippen LogP contribution in [0.25, 0.3) is 0 Å². The third-order valence-corrected chi connectivity index (χ3v) is 5.47. The highest BCUT2D eigenvalue weighted by atomic mass is 15.2. The highest BCUT2D eigenvalue weighted by Gasteiger charge is 2.34. The van der Waals surface area contributed by atoms with Crippen molar-refractivity contribution < 1.29 is 0 Å². The van der Waals surface area contributed by atoms with Crippen molar-refractivity contribution in [2.45, 2.75) is 77.2 Å². The van der Waals surface area contributed by atoms with E-state index in [1.54, 1.807) is 0 Å². The van der Waals surface area contributed by atoms with E-state index in [2.05, 4.69) is 24.2 Å². The molecular formula is C17H34N2. The van der Waals surface area contributed by atoms with Gasteiger partial charge in [-0.05, 0) is 51.1 Å². The molecule has 0 radical (unpaired) electrons. The van der Waals surface area contributed by atoms with Gasteiger partial charge in [0.05, 0.1) is 0 Å². The number of hydrogen-bond donors (Lipinski definition) is 1. The highest BCUT2D eigenvalue weighted by molar-refractivity contribution is 4.89. The number of piperidine rings is 1. The van der Waals surface area contributed by atoms with E-state index in [1.165, 1.54) is 83.8 Å². The number of nitrogens with one attached hydrogen (secondary N) is 1. The van der Waals surface area contributed by atoms with E-state index in [0.29, 0.717) is 5.41 Å². The van der Waals surface area contributed by atoms with Crippen LogP contribution < -0.4 is 5.32 Å². The second kappa shape index (κ2) is 7.64. The zero-order chi connectivity index (χ0) is 13.6. The van der Waals surface area contributed by atoms with Crippen LogP contribution in [0.15, 0.2) is 0 Å². The molecule has 0 aromatic carbocycles. The minimum absolute atomic E-state index is 0.565. The van der Waals surface area contributed by atoms with Crippen LogP contribution in [-0.4, -0.2) is 37.6 Å². The number of nitrogens with zero attached hydrogens (tertiary/aromatic N) is 1. The Kier molecular flexibility index (Phi) is 6.15. The summed E-state index contributed by atoms with van der Waals surface area (Å²) in [7, 11) is 2.14. The average molecular weight is 266 g/mol. The van der Waals surface area contributed by atoms with Crippen LogP contribution in [0.4, 0.5) is 0 Å². The first kappa shape index (κ1) is 15.3. The van der Waals surface area contributed by atoms with E-state index in [1.807, 2.05) is 0 Å². The van der Waals surface area contributed by atoms with Gasteiger partial charge in [-0.2, -0.15) is 0 Å². The molecular weight excluding hydrogens is 232 g/mol. The van der Waals surface area contributed by atoms with Crippen molar-refractivity contribution in [3.63, 3.8) is 0 Å². The minimum atomic E-state index is 0.565. The predicted octanol–water partition coefficient (Wildman–Crippen LogP) is 3.81. The van der Waals surface area contributed by atoms with Gasteiger partial charge in [0.25, 0.3) is 0 Å². The quantitative estimate of drug-likeness (QED) is 0.761. The summed E-state index contributed by atoms with van der Waals surface area (Å²) >= 11 is 0. The zero-order valence-corrected chi connectivity index (χ0v) is 13.2. The van der Waals surface area contributed by atoms with Gasteiger partial charge in [-0.25, -0.2) is 0 Å². The van der Waals surface area contributed by atoms with Gasteiger partial charge in [-0.1, -0.05) is 39.0 Å². The van der Waals surface area contributed by atoms with Crippen LogP contribution in [0.1, 0.15) is 71.1 Å². The Balaban J connectivity index is 2.01. The monoisotopic (exact) mass is 266 g/mol. The van der Waals surface area contributed by atoms with Crippen molar-refractivity contribution in [1.82, 2.24) is 10.2 Å². The van der Waals surface area contributed by atoms with Crippen molar-refractivity contribution in [2.24, 2.45) is 5.41 Å². The Morgan fingerprint density at radius 3 is 2.42 bits per heavy atom. The van der Waals surface area contributed by atoms with Gasteiger partial charge in [0, 0.05) is 19.1 Å². The summed E-state index contributed by atoms with van der Waals surface area (Å²) in [6.45, 7) is 6.30. The van der Waals surface area contributed by atoms with Crippen molar-refractivity contribution in [3.8, 4) is 0 Å². The fourth-order valence-electron chi connectivity index (χ4n) is 4.41. The Bertz CT molecular complexity index is 244. The van der Waals surface area contributed by atoms with Gasteiger partial charge in [0.15, 0.2) is 0 Å². The zero-order valence-electron chi connectivity index (χ0n) is 13.2. The van der Waals surface area contributed by atoms with Crippen molar-refractivity contribution >= 4 is 0 Å². The summed E-state index contributed by atoms with van der Waals surface area (Å²) in [4.78, 5) is 2.84. The third-order valence-electron chi connectivity index (χ3n) is 5.47. The van der Waals surface area contributed by atoms with Crippen LogP contribution >= 0.6 is 0 Å². The van der Waals surface area contributed by atoms with Crippen molar-refractivity contribution in [3.05, 3.63) is 0 Å². The second-order valence-corrected chi connectivity index (χ2v) is 6.97. The molecule has 2 rings (SSSR count). The Hall–Kier alpha value is -0.0800. The second-order valence-electron chi connectivity index (χ2n) is 6.97. The SMILES string of the molecule is CCC1CCCCN1CC1(CNC)CCCCCC1. The first-order valence-corrected chi connectivity index (χ1v) is 8.68. The van der Waals surface area contributed by atoms with E-state index in [-0.39, 0.29) is 0 Å². The molecule has 1 aliphatic heterocycles. The number of hydrogen-bond acceptors (Lipinski definition) is 2. The Labute approximate surface area is 120 Å². The van der Waals surface area contributed by atoms with Crippen LogP contribution in [0, 0.1) is 5.41 Å². The standard InChI is InChI=1S/C17H34N2/c1-3-16-10-6-9-13-19(16)15-17(14-18-2)11-7-4-5-8-12-17/h16,18H,3-15H2,1-2H3. The molecule has 112 valence electrons. The summed E-state index contributed by atoms with van der Waals surface area (Å²) in [5.41, 5.74) is 0.565. The lowest BCUT2D eigenvalue weighted by atomic mass is 9.78. The van der Waals surface area contributed by atoms with E-state index >= 15 is 0 Å². The molecule has 0 aromatic rings. The van der Waals surface area contributed by atoms with Crippen LogP contribution in [0.3, 0.4) is 0 Å². The van der Waals surface area contributed by atoms with Crippen LogP contribution in [0.2, 0.25) is 0 Å². The van der Waals surface area contributed by atoms with E-state index in [0.717, 1.165) is 6.04 Å². The fraction of sp³-hybridized carbons (Fsp3) is 1.00. The molecule has 1 saturated heterocycles. The average Bonchev–Trinajstić information content (AvgIpc) is 2.66. The summed E-state index contributed by atoms with van der Waals surface area (Å²) < 4.78 is 0. The lowest BCUT2D eigenvalue weighted by Crippen LogP contribution is -2.48. The maximum Gasteiger partial charge on any atom is 0.00928 e. The molecule has 19 heavy (non-hydrogen) atoms. The van der Waals surface area contributed by atoms with Crippen molar-refractivity contribution in [2.75, 3.05) is 26.7 Å². The highest BCUT2D eigenvalue weighted by Crippen LogP contribution is 2.37. The smallest absolute Gasteiger partial charge is 0.00928 e. The largest absolute Gasteiger partial charge is 0.319 e. The molecule has 1 aliphatic carbocycles. The van der Waals surface area contributed by atoms with Crippen LogP contribution in [-0.2, 0) is 0 Å². The molecule has 0 amide bonds. The van der Waals surface area contributed by atoms with Crippen LogP contribution in [0.5, 0.6) is 0 Å². The molecule has 1 unspecified atom stereocenters.